The molecule has 2 amide bonds. The summed E-state index contributed by atoms with van der Waals surface area (Å²) in [5.41, 5.74) is 4.25. The molecule has 3 aromatic rings. The Kier molecular flexibility index (Phi) is 5.28. The maximum atomic E-state index is 12.1. The summed E-state index contributed by atoms with van der Waals surface area (Å²) in [4.78, 5) is 24.2. The summed E-state index contributed by atoms with van der Waals surface area (Å²) >= 11 is 0. The number of aliphatic hydroxyl groups excluding tert-OH is 1. The van der Waals surface area contributed by atoms with Gasteiger partial charge in [0.15, 0.2) is 0 Å². The molecule has 0 aliphatic heterocycles. The van der Waals surface area contributed by atoms with Gasteiger partial charge in [-0.2, -0.15) is 0 Å². The van der Waals surface area contributed by atoms with Gasteiger partial charge < -0.3 is 20.3 Å². The van der Waals surface area contributed by atoms with E-state index < -0.39 is 17.9 Å². The fraction of sp³-hybridized carbons (Fsp3) is 0.238. The van der Waals surface area contributed by atoms with Crippen LogP contribution in [0.5, 0.6) is 0 Å². The normalized spacial score (nSPS) is 12.0. The number of hydrogen-bond donors (Lipinski definition) is 3. The van der Waals surface area contributed by atoms with Crippen molar-refractivity contribution in [3.05, 3.63) is 65.4 Å². The first-order valence-electron chi connectivity index (χ1n) is 8.75. The van der Waals surface area contributed by atoms with Crippen molar-refractivity contribution >= 4 is 28.4 Å². The number of carbonyl (C=O) groups is 2. The summed E-state index contributed by atoms with van der Waals surface area (Å²) in [7, 11) is 1.90. The van der Waals surface area contributed by atoms with Crippen LogP contribution < -0.4 is 10.6 Å². The minimum Gasteiger partial charge on any atom is -0.386 e. The zero-order valence-electron chi connectivity index (χ0n) is 15.6. The lowest BCUT2D eigenvalue weighted by atomic mass is 10.1. The van der Waals surface area contributed by atoms with Gasteiger partial charge in [0.2, 0.25) is 0 Å². The Hall–Kier alpha value is -3.12. The Labute approximate surface area is 157 Å². The molecule has 2 aromatic carbocycles. The van der Waals surface area contributed by atoms with Crippen molar-refractivity contribution in [1.82, 2.24) is 9.88 Å². The van der Waals surface area contributed by atoms with Crippen LogP contribution >= 0.6 is 0 Å². The Balaban J connectivity index is 1.63. The summed E-state index contributed by atoms with van der Waals surface area (Å²) in [6.07, 6.45) is 0.922. The molecule has 140 valence electrons. The number of amides is 2. The average molecular weight is 365 g/mol. The third-order valence-electron chi connectivity index (χ3n) is 4.58. The van der Waals surface area contributed by atoms with E-state index in [9.17, 15) is 14.7 Å². The molecule has 0 spiro atoms. The van der Waals surface area contributed by atoms with Crippen molar-refractivity contribution in [3.63, 3.8) is 0 Å². The standard InChI is InChI=1S/C21H23N3O3/c1-13-8-9-17(14(2)10-13)23-21(27)20(26)22-11-19(25)16-12-24(3)18-7-5-4-6-15(16)18/h4-10,12,19,25H,11H2,1-3H3,(H,22,26)(H,23,27). The van der Waals surface area contributed by atoms with Crippen molar-refractivity contribution in [2.45, 2.75) is 20.0 Å². The van der Waals surface area contributed by atoms with E-state index in [1.807, 2.05) is 68.1 Å². The third-order valence-corrected chi connectivity index (χ3v) is 4.58. The first-order valence-corrected chi connectivity index (χ1v) is 8.75. The minimum absolute atomic E-state index is 0.0485. The third kappa shape index (κ3) is 4.01. The smallest absolute Gasteiger partial charge is 0.313 e. The number of nitrogens with zero attached hydrogens (tertiary/aromatic N) is 1. The predicted octanol–water partition coefficient (Wildman–Crippen LogP) is 2.58. The molecule has 0 aliphatic carbocycles. The lowest BCUT2D eigenvalue weighted by Gasteiger charge is -2.12. The summed E-state index contributed by atoms with van der Waals surface area (Å²) in [6, 6.07) is 13.3. The molecule has 6 heteroatoms. The first kappa shape index (κ1) is 18.7. The summed E-state index contributed by atoms with van der Waals surface area (Å²) in [6.45, 7) is 3.78. The number of aryl methyl sites for hydroxylation is 3. The molecule has 1 unspecified atom stereocenters. The fourth-order valence-corrected chi connectivity index (χ4v) is 3.15. The summed E-state index contributed by atoms with van der Waals surface area (Å²) < 4.78 is 1.92. The van der Waals surface area contributed by atoms with E-state index in [4.69, 9.17) is 0 Å². The SMILES string of the molecule is Cc1ccc(NC(=O)C(=O)NCC(O)c2cn(C)c3ccccc23)c(C)c1. The van der Waals surface area contributed by atoms with Crippen molar-refractivity contribution in [3.8, 4) is 0 Å². The van der Waals surface area contributed by atoms with Crippen molar-refractivity contribution in [2.24, 2.45) is 7.05 Å². The molecule has 0 aliphatic rings. The highest BCUT2D eigenvalue weighted by atomic mass is 16.3. The van der Waals surface area contributed by atoms with Crippen LogP contribution in [0.4, 0.5) is 5.69 Å². The maximum absolute atomic E-state index is 12.1. The zero-order chi connectivity index (χ0) is 19.6. The van der Waals surface area contributed by atoms with Gasteiger partial charge in [0, 0.05) is 41.9 Å². The van der Waals surface area contributed by atoms with Gasteiger partial charge in [-0.25, -0.2) is 0 Å². The Morgan fingerprint density at radius 1 is 1.11 bits per heavy atom. The van der Waals surface area contributed by atoms with Gasteiger partial charge >= 0.3 is 11.8 Å². The van der Waals surface area contributed by atoms with E-state index in [0.717, 1.165) is 22.0 Å². The number of fused-ring (bicyclic) bond motifs is 1. The predicted molar refractivity (Wildman–Crippen MR) is 105 cm³/mol. The zero-order valence-corrected chi connectivity index (χ0v) is 15.6. The second kappa shape index (κ2) is 7.63. The quantitative estimate of drug-likeness (QED) is 0.622. The van der Waals surface area contributed by atoms with Gasteiger partial charge in [-0.3, -0.25) is 9.59 Å². The van der Waals surface area contributed by atoms with Crippen LogP contribution in [0.1, 0.15) is 22.8 Å². The number of nitrogens with one attached hydrogen (secondary N) is 2. The number of aliphatic hydroxyl groups is 1. The summed E-state index contributed by atoms with van der Waals surface area (Å²) in [5.74, 6) is -1.54. The van der Waals surface area contributed by atoms with E-state index in [1.165, 1.54) is 0 Å². The van der Waals surface area contributed by atoms with Crippen LogP contribution in [0.3, 0.4) is 0 Å². The van der Waals surface area contributed by atoms with Crippen LogP contribution in [0.15, 0.2) is 48.7 Å². The molecule has 1 atom stereocenters. The van der Waals surface area contributed by atoms with E-state index in [0.29, 0.717) is 11.3 Å². The molecular weight excluding hydrogens is 342 g/mol. The Morgan fingerprint density at radius 3 is 2.59 bits per heavy atom. The number of carbonyl (C=O) groups excluding carboxylic acids is 2. The van der Waals surface area contributed by atoms with Gasteiger partial charge in [0.25, 0.3) is 0 Å². The van der Waals surface area contributed by atoms with Crippen LogP contribution in [0, 0.1) is 13.8 Å². The van der Waals surface area contributed by atoms with Gasteiger partial charge in [-0.05, 0) is 31.5 Å². The molecule has 0 bridgehead atoms. The van der Waals surface area contributed by atoms with Crippen LogP contribution in [-0.2, 0) is 16.6 Å². The molecule has 3 N–H and O–H groups in total. The molecule has 0 saturated carbocycles. The van der Waals surface area contributed by atoms with E-state index >= 15 is 0 Å². The van der Waals surface area contributed by atoms with Crippen LogP contribution in [-0.4, -0.2) is 28.0 Å². The Bertz CT molecular complexity index is 1010. The number of para-hydroxylation sites is 1. The molecule has 3 rings (SSSR count). The molecular formula is C21H23N3O3. The Morgan fingerprint density at radius 2 is 1.85 bits per heavy atom. The monoisotopic (exact) mass is 365 g/mol. The van der Waals surface area contributed by atoms with Gasteiger partial charge in [-0.15, -0.1) is 0 Å². The minimum atomic E-state index is -0.908. The largest absolute Gasteiger partial charge is 0.386 e. The second-order valence-corrected chi connectivity index (χ2v) is 6.71. The number of hydrogen-bond acceptors (Lipinski definition) is 3. The average Bonchev–Trinajstić information content (AvgIpc) is 2.99. The molecule has 6 nitrogen and oxygen atoms in total. The highest BCUT2D eigenvalue weighted by Gasteiger charge is 2.19. The number of anilines is 1. The van der Waals surface area contributed by atoms with Crippen LogP contribution in [0.2, 0.25) is 0 Å². The molecule has 0 fully saturated rings. The number of rotatable bonds is 4. The van der Waals surface area contributed by atoms with Crippen molar-refractivity contribution in [2.75, 3.05) is 11.9 Å². The second-order valence-electron chi connectivity index (χ2n) is 6.71. The van der Waals surface area contributed by atoms with Crippen molar-refractivity contribution < 1.29 is 14.7 Å². The number of aromatic nitrogens is 1. The summed E-state index contributed by atoms with van der Waals surface area (Å²) in [5, 5.41) is 16.5. The fourth-order valence-electron chi connectivity index (χ4n) is 3.15. The molecule has 0 radical (unpaired) electrons. The topological polar surface area (TPSA) is 83.4 Å². The van der Waals surface area contributed by atoms with E-state index in [2.05, 4.69) is 10.6 Å². The van der Waals surface area contributed by atoms with Crippen LogP contribution in [0.25, 0.3) is 10.9 Å². The van der Waals surface area contributed by atoms with Gasteiger partial charge in [-0.1, -0.05) is 35.9 Å². The number of benzene rings is 2. The van der Waals surface area contributed by atoms with E-state index in [1.54, 1.807) is 6.07 Å². The molecule has 1 aromatic heterocycles. The lowest BCUT2D eigenvalue weighted by molar-refractivity contribution is -0.136. The van der Waals surface area contributed by atoms with Gasteiger partial charge in [0.1, 0.15) is 0 Å². The lowest BCUT2D eigenvalue weighted by Crippen LogP contribution is -2.37. The molecule has 27 heavy (non-hydrogen) atoms. The molecule has 1 heterocycles. The molecule has 0 saturated heterocycles. The van der Waals surface area contributed by atoms with E-state index in [-0.39, 0.29) is 6.54 Å². The highest BCUT2D eigenvalue weighted by Crippen LogP contribution is 2.25. The van der Waals surface area contributed by atoms with Crippen molar-refractivity contribution in [1.29, 1.82) is 0 Å². The first-order chi connectivity index (χ1) is 12.9. The van der Waals surface area contributed by atoms with Gasteiger partial charge in [0.05, 0.1) is 6.10 Å². The highest BCUT2D eigenvalue weighted by molar-refractivity contribution is 6.39. The maximum Gasteiger partial charge on any atom is 0.313 e.